The molecular weight excluding hydrogens is 307 g/mol. The second-order valence-electron chi connectivity index (χ2n) is 5.85. The molecule has 2 rings (SSSR count). The zero-order valence-corrected chi connectivity index (χ0v) is 14.0. The van der Waals surface area contributed by atoms with Crippen molar-refractivity contribution in [1.29, 1.82) is 0 Å². The van der Waals surface area contributed by atoms with Crippen LogP contribution in [-0.4, -0.2) is 24.3 Å². The number of amides is 1. The van der Waals surface area contributed by atoms with Crippen molar-refractivity contribution in [2.45, 2.75) is 26.8 Å². The second kappa shape index (κ2) is 7.73. The van der Waals surface area contributed by atoms with Gasteiger partial charge in [0.15, 0.2) is 5.78 Å². The van der Waals surface area contributed by atoms with Gasteiger partial charge in [-0.3, -0.25) is 9.59 Å². The SMILES string of the molecule is CC(=O)c1ccccc1NC(=O)CN(c1ccc(F)cc1)C(C)C. The van der Waals surface area contributed by atoms with Gasteiger partial charge in [-0.15, -0.1) is 0 Å². The molecule has 0 spiro atoms. The van der Waals surface area contributed by atoms with E-state index in [4.69, 9.17) is 0 Å². The summed E-state index contributed by atoms with van der Waals surface area (Å²) in [5.74, 6) is -0.658. The van der Waals surface area contributed by atoms with Crippen molar-refractivity contribution in [2.75, 3.05) is 16.8 Å². The zero-order valence-electron chi connectivity index (χ0n) is 14.0. The van der Waals surface area contributed by atoms with E-state index in [1.54, 1.807) is 36.4 Å². The number of rotatable bonds is 6. The van der Waals surface area contributed by atoms with Crippen molar-refractivity contribution in [3.8, 4) is 0 Å². The smallest absolute Gasteiger partial charge is 0.243 e. The molecule has 0 fully saturated rings. The van der Waals surface area contributed by atoms with E-state index in [9.17, 15) is 14.0 Å². The van der Waals surface area contributed by atoms with Gasteiger partial charge in [-0.25, -0.2) is 4.39 Å². The Hall–Kier alpha value is -2.69. The molecule has 0 unspecified atom stereocenters. The third-order valence-corrected chi connectivity index (χ3v) is 3.68. The number of anilines is 2. The third kappa shape index (κ3) is 4.41. The first kappa shape index (κ1) is 17.7. The Balaban J connectivity index is 2.14. The molecular formula is C19H21FN2O2. The fourth-order valence-corrected chi connectivity index (χ4v) is 2.45. The second-order valence-corrected chi connectivity index (χ2v) is 5.85. The molecule has 0 bridgehead atoms. The summed E-state index contributed by atoms with van der Waals surface area (Å²) in [6.07, 6.45) is 0. The lowest BCUT2D eigenvalue weighted by molar-refractivity contribution is -0.115. The molecule has 24 heavy (non-hydrogen) atoms. The number of hydrogen-bond acceptors (Lipinski definition) is 3. The standard InChI is InChI=1S/C19H21FN2O2/c1-13(2)22(16-10-8-15(20)9-11-16)12-19(24)21-18-7-5-4-6-17(18)14(3)23/h4-11,13H,12H2,1-3H3,(H,21,24). The number of para-hydroxylation sites is 1. The molecule has 0 heterocycles. The molecule has 126 valence electrons. The van der Waals surface area contributed by atoms with E-state index in [-0.39, 0.29) is 30.1 Å². The fraction of sp³-hybridized carbons (Fsp3) is 0.263. The molecule has 0 saturated carbocycles. The van der Waals surface area contributed by atoms with Crippen LogP contribution >= 0.6 is 0 Å². The Morgan fingerprint density at radius 2 is 1.71 bits per heavy atom. The molecule has 1 amide bonds. The number of carbonyl (C=O) groups is 2. The highest BCUT2D eigenvalue weighted by atomic mass is 19.1. The van der Waals surface area contributed by atoms with Gasteiger partial charge in [0.2, 0.25) is 5.91 Å². The van der Waals surface area contributed by atoms with Crippen LogP contribution in [0.3, 0.4) is 0 Å². The van der Waals surface area contributed by atoms with Crippen LogP contribution in [0.15, 0.2) is 48.5 Å². The first-order valence-corrected chi connectivity index (χ1v) is 7.80. The number of nitrogens with zero attached hydrogens (tertiary/aromatic N) is 1. The summed E-state index contributed by atoms with van der Waals surface area (Å²) in [4.78, 5) is 25.9. The van der Waals surface area contributed by atoms with E-state index in [1.165, 1.54) is 19.1 Å². The summed E-state index contributed by atoms with van der Waals surface area (Å²) in [6, 6.07) is 13.0. The van der Waals surface area contributed by atoms with Gasteiger partial charge in [0, 0.05) is 17.3 Å². The summed E-state index contributed by atoms with van der Waals surface area (Å²) in [5, 5.41) is 2.78. The van der Waals surface area contributed by atoms with Gasteiger partial charge in [-0.2, -0.15) is 0 Å². The number of hydrogen-bond donors (Lipinski definition) is 1. The van der Waals surface area contributed by atoms with E-state index >= 15 is 0 Å². The number of halogens is 1. The molecule has 1 N–H and O–H groups in total. The van der Waals surface area contributed by atoms with Crippen molar-refractivity contribution < 1.29 is 14.0 Å². The average molecular weight is 328 g/mol. The fourth-order valence-electron chi connectivity index (χ4n) is 2.45. The maximum absolute atomic E-state index is 13.1. The minimum atomic E-state index is -0.317. The topological polar surface area (TPSA) is 49.4 Å². The molecule has 0 atom stereocenters. The van der Waals surface area contributed by atoms with Crippen LogP contribution in [0, 0.1) is 5.82 Å². The van der Waals surface area contributed by atoms with Crippen molar-refractivity contribution >= 4 is 23.1 Å². The lowest BCUT2D eigenvalue weighted by Crippen LogP contribution is -2.38. The van der Waals surface area contributed by atoms with Gasteiger partial charge in [0.25, 0.3) is 0 Å². The van der Waals surface area contributed by atoms with Crippen LogP contribution in [-0.2, 0) is 4.79 Å². The van der Waals surface area contributed by atoms with E-state index in [0.717, 1.165) is 5.69 Å². The Morgan fingerprint density at radius 1 is 1.08 bits per heavy atom. The zero-order chi connectivity index (χ0) is 17.7. The number of nitrogens with one attached hydrogen (secondary N) is 1. The molecule has 0 radical (unpaired) electrons. The summed E-state index contributed by atoms with van der Waals surface area (Å²) in [6.45, 7) is 5.49. The minimum Gasteiger partial charge on any atom is -0.360 e. The van der Waals surface area contributed by atoms with Gasteiger partial charge in [-0.05, 0) is 57.2 Å². The number of carbonyl (C=O) groups excluding carboxylic acids is 2. The van der Waals surface area contributed by atoms with Crippen LogP contribution in [0.4, 0.5) is 15.8 Å². The Labute approximate surface area is 141 Å². The van der Waals surface area contributed by atoms with E-state index in [0.29, 0.717) is 11.3 Å². The normalized spacial score (nSPS) is 10.5. The van der Waals surface area contributed by atoms with Crippen LogP contribution in [0.5, 0.6) is 0 Å². The molecule has 0 aromatic heterocycles. The van der Waals surface area contributed by atoms with Gasteiger partial charge >= 0.3 is 0 Å². The van der Waals surface area contributed by atoms with Crippen LogP contribution in [0.2, 0.25) is 0 Å². The highest BCUT2D eigenvalue weighted by Gasteiger charge is 2.16. The van der Waals surface area contributed by atoms with Gasteiger partial charge < -0.3 is 10.2 Å². The summed E-state index contributed by atoms with van der Waals surface area (Å²) >= 11 is 0. The molecule has 0 aliphatic carbocycles. The first-order valence-electron chi connectivity index (χ1n) is 7.80. The first-order chi connectivity index (χ1) is 11.4. The predicted octanol–water partition coefficient (Wildman–Crippen LogP) is 3.88. The third-order valence-electron chi connectivity index (χ3n) is 3.68. The summed E-state index contributed by atoms with van der Waals surface area (Å²) in [5.41, 5.74) is 1.74. The lowest BCUT2D eigenvalue weighted by atomic mass is 10.1. The van der Waals surface area contributed by atoms with Crippen LogP contribution in [0.1, 0.15) is 31.1 Å². The molecule has 0 saturated heterocycles. The van der Waals surface area contributed by atoms with E-state index < -0.39 is 0 Å². The van der Waals surface area contributed by atoms with Crippen molar-refractivity contribution in [1.82, 2.24) is 0 Å². The van der Waals surface area contributed by atoms with Crippen molar-refractivity contribution in [2.24, 2.45) is 0 Å². The summed E-state index contributed by atoms with van der Waals surface area (Å²) in [7, 11) is 0. The van der Waals surface area contributed by atoms with Gasteiger partial charge in [-0.1, -0.05) is 12.1 Å². The van der Waals surface area contributed by atoms with Crippen molar-refractivity contribution in [3.63, 3.8) is 0 Å². The number of Topliss-reactive ketones (excluding diaryl/α,β-unsaturated/α-hetero) is 1. The van der Waals surface area contributed by atoms with Crippen molar-refractivity contribution in [3.05, 3.63) is 59.9 Å². The Kier molecular flexibility index (Phi) is 5.68. The van der Waals surface area contributed by atoms with E-state index in [1.807, 2.05) is 18.7 Å². The monoisotopic (exact) mass is 328 g/mol. The maximum Gasteiger partial charge on any atom is 0.243 e. The predicted molar refractivity (Wildman–Crippen MR) is 94.0 cm³/mol. The minimum absolute atomic E-state index is 0.0595. The quantitative estimate of drug-likeness (QED) is 0.819. The van der Waals surface area contributed by atoms with Gasteiger partial charge in [0.05, 0.1) is 12.2 Å². The Bertz CT molecular complexity index is 726. The Morgan fingerprint density at radius 3 is 2.29 bits per heavy atom. The highest BCUT2D eigenvalue weighted by molar-refractivity contribution is 6.04. The molecule has 5 heteroatoms. The molecule has 4 nitrogen and oxygen atoms in total. The molecule has 0 aliphatic rings. The molecule has 2 aromatic rings. The van der Waals surface area contributed by atoms with Crippen LogP contribution in [0.25, 0.3) is 0 Å². The largest absolute Gasteiger partial charge is 0.360 e. The summed E-state index contributed by atoms with van der Waals surface area (Å²) < 4.78 is 13.1. The van der Waals surface area contributed by atoms with E-state index in [2.05, 4.69) is 5.32 Å². The number of benzene rings is 2. The maximum atomic E-state index is 13.1. The van der Waals surface area contributed by atoms with Crippen LogP contribution < -0.4 is 10.2 Å². The average Bonchev–Trinajstić information content (AvgIpc) is 2.53. The molecule has 2 aromatic carbocycles. The van der Waals surface area contributed by atoms with Gasteiger partial charge in [0.1, 0.15) is 5.82 Å². The lowest BCUT2D eigenvalue weighted by Gasteiger charge is -2.28. The number of ketones is 1. The molecule has 0 aliphatic heterocycles. The highest BCUT2D eigenvalue weighted by Crippen LogP contribution is 2.19.